The number of aromatic nitrogens is 2. The predicted molar refractivity (Wildman–Crippen MR) is 119 cm³/mol. The molecule has 1 aliphatic carbocycles. The summed E-state index contributed by atoms with van der Waals surface area (Å²) < 4.78 is 42.2. The Balaban J connectivity index is 1.80. The number of aliphatic imine (C=N–C) groups is 1. The summed E-state index contributed by atoms with van der Waals surface area (Å²) in [6.45, 7) is 1.89. The largest absolute Gasteiger partial charge is 0.417 e. The first-order chi connectivity index (χ1) is 15.9. The molecule has 1 aliphatic rings. The molecule has 0 amide bonds. The van der Waals surface area contributed by atoms with E-state index in [9.17, 15) is 18.4 Å². The minimum absolute atomic E-state index is 0.0537. The van der Waals surface area contributed by atoms with Crippen molar-refractivity contribution in [2.24, 2.45) is 4.99 Å². The summed E-state index contributed by atoms with van der Waals surface area (Å²) in [5.41, 5.74) is 4.19. The zero-order chi connectivity index (χ0) is 23.2. The predicted octanol–water partition coefficient (Wildman–Crippen LogP) is 6.44. The van der Waals surface area contributed by atoms with Crippen LogP contribution in [0.5, 0.6) is 0 Å². The number of aryl methyl sites for hydroxylation is 1. The van der Waals surface area contributed by atoms with E-state index >= 15 is 0 Å². The van der Waals surface area contributed by atoms with E-state index in [0.29, 0.717) is 28.0 Å². The molecule has 7 heteroatoms. The van der Waals surface area contributed by atoms with Gasteiger partial charge in [0.15, 0.2) is 0 Å². The summed E-state index contributed by atoms with van der Waals surface area (Å²) in [7, 11) is 0. The summed E-state index contributed by atoms with van der Waals surface area (Å²) in [5.74, 6) is 0. The average molecular weight is 440 g/mol. The van der Waals surface area contributed by atoms with Crippen molar-refractivity contribution in [2.45, 2.75) is 13.1 Å². The number of rotatable bonds is 2. The number of alkyl halides is 3. The van der Waals surface area contributed by atoms with Gasteiger partial charge in [0.1, 0.15) is 0 Å². The number of hydrogen-bond acceptors (Lipinski definition) is 4. The van der Waals surface area contributed by atoms with E-state index in [4.69, 9.17) is 0 Å². The van der Waals surface area contributed by atoms with Gasteiger partial charge in [0.05, 0.1) is 22.7 Å². The Bertz CT molecular complexity index is 1450. The van der Waals surface area contributed by atoms with Crippen molar-refractivity contribution in [1.29, 1.82) is 5.26 Å². The fourth-order valence-electron chi connectivity index (χ4n) is 4.23. The van der Waals surface area contributed by atoms with E-state index < -0.39 is 11.7 Å². The Morgan fingerprint density at radius 3 is 1.88 bits per heavy atom. The smallest absolute Gasteiger partial charge is 0.256 e. The Hall–Kier alpha value is -4.31. The van der Waals surface area contributed by atoms with Crippen LogP contribution in [0.3, 0.4) is 0 Å². The van der Waals surface area contributed by atoms with Gasteiger partial charge < -0.3 is 0 Å². The molecular weight excluding hydrogens is 425 g/mol. The maximum Gasteiger partial charge on any atom is 0.417 e. The minimum Gasteiger partial charge on any atom is -0.256 e. The summed E-state index contributed by atoms with van der Waals surface area (Å²) in [6, 6.07) is 16.6. The fourth-order valence-corrected chi connectivity index (χ4v) is 4.23. The number of pyridine rings is 2. The van der Waals surface area contributed by atoms with E-state index in [2.05, 4.69) is 15.0 Å². The van der Waals surface area contributed by atoms with Crippen LogP contribution in [0.15, 0.2) is 78.0 Å². The number of halogens is 3. The molecule has 0 fully saturated rings. The van der Waals surface area contributed by atoms with Gasteiger partial charge in [0.2, 0.25) is 6.19 Å². The topological polar surface area (TPSA) is 61.9 Å². The highest BCUT2D eigenvalue weighted by atomic mass is 19.4. The first kappa shape index (κ1) is 20.6. The number of nitrogens with zero attached hydrogens (tertiary/aromatic N) is 4. The highest BCUT2D eigenvalue weighted by Crippen LogP contribution is 2.46. The molecule has 0 spiro atoms. The van der Waals surface area contributed by atoms with Crippen molar-refractivity contribution in [2.75, 3.05) is 0 Å². The second-order valence-corrected chi connectivity index (χ2v) is 7.64. The van der Waals surface area contributed by atoms with Crippen molar-refractivity contribution < 1.29 is 13.2 Å². The Morgan fingerprint density at radius 1 is 0.758 bits per heavy atom. The molecule has 4 nitrogen and oxygen atoms in total. The molecule has 0 radical (unpaired) electrons. The molecule has 0 bridgehead atoms. The molecule has 33 heavy (non-hydrogen) atoms. The number of benzene rings is 2. The lowest BCUT2D eigenvalue weighted by Gasteiger charge is -2.15. The van der Waals surface area contributed by atoms with E-state index in [1.54, 1.807) is 24.5 Å². The van der Waals surface area contributed by atoms with Crippen molar-refractivity contribution in [1.82, 2.24) is 9.97 Å². The first-order valence-corrected chi connectivity index (χ1v) is 10.1. The molecule has 0 atom stereocenters. The van der Waals surface area contributed by atoms with Crippen molar-refractivity contribution in [3.05, 3.63) is 95.3 Å². The van der Waals surface area contributed by atoms with Crippen LogP contribution >= 0.6 is 0 Å². The quantitative estimate of drug-likeness (QED) is 0.297. The summed E-state index contributed by atoms with van der Waals surface area (Å²) >= 11 is 0. The SMILES string of the molecule is Cc1cc2c(cc1-c1ccccn1)C(=NC#N)c1cc(-c3ccccn3)c(C(F)(F)F)cc1-2. The molecule has 0 aliphatic heterocycles. The number of hydrogen-bond donors (Lipinski definition) is 0. The van der Waals surface area contributed by atoms with Crippen LogP contribution in [-0.4, -0.2) is 15.7 Å². The van der Waals surface area contributed by atoms with Crippen LogP contribution in [0.2, 0.25) is 0 Å². The van der Waals surface area contributed by atoms with Gasteiger partial charge in [0.25, 0.3) is 0 Å². The van der Waals surface area contributed by atoms with E-state index in [-0.39, 0.29) is 11.3 Å². The third kappa shape index (κ3) is 3.46. The Labute approximate surface area is 187 Å². The lowest BCUT2D eigenvalue weighted by Crippen LogP contribution is -2.09. The maximum absolute atomic E-state index is 14.1. The Kier molecular flexibility index (Phi) is 4.79. The van der Waals surface area contributed by atoms with Gasteiger partial charge in [-0.05, 0) is 66.1 Å². The van der Waals surface area contributed by atoms with Crippen LogP contribution in [0.25, 0.3) is 33.6 Å². The van der Waals surface area contributed by atoms with E-state index in [0.717, 1.165) is 22.9 Å². The zero-order valence-electron chi connectivity index (χ0n) is 17.4. The molecule has 4 aromatic rings. The maximum atomic E-state index is 14.1. The van der Waals surface area contributed by atoms with Gasteiger partial charge in [0, 0.05) is 34.6 Å². The lowest BCUT2D eigenvalue weighted by molar-refractivity contribution is -0.137. The summed E-state index contributed by atoms with van der Waals surface area (Å²) in [6.07, 6.45) is 0.346. The highest BCUT2D eigenvalue weighted by molar-refractivity contribution is 6.25. The van der Waals surface area contributed by atoms with E-state index in [1.807, 2.05) is 37.3 Å². The van der Waals surface area contributed by atoms with Gasteiger partial charge in [-0.2, -0.15) is 23.4 Å². The number of nitriles is 1. The second kappa shape index (κ2) is 7.68. The third-order valence-electron chi connectivity index (χ3n) is 5.67. The normalized spacial score (nSPS) is 13.5. The van der Waals surface area contributed by atoms with Gasteiger partial charge in [-0.25, -0.2) is 0 Å². The van der Waals surface area contributed by atoms with Crippen LogP contribution < -0.4 is 0 Å². The second-order valence-electron chi connectivity index (χ2n) is 7.64. The molecular formula is C26H15F3N4. The average Bonchev–Trinajstić information content (AvgIpc) is 3.10. The first-order valence-electron chi connectivity index (χ1n) is 10.1. The standard InChI is InChI=1S/C26H15F3N4/c1-15-10-17-18-13-22(26(27,28)29)21(24-7-3-5-9-32-24)12-20(18)25(33-14-30)19(17)11-16(15)23-6-2-4-8-31-23/h2-13H,1H3. The van der Waals surface area contributed by atoms with Crippen LogP contribution in [0.4, 0.5) is 13.2 Å². The van der Waals surface area contributed by atoms with Gasteiger partial charge in [-0.1, -0.05) is 18.2 Å². The molecule has 0 unspecified atom stereocenters. The van der Waals surface area contributed by atoms with Crippen molar-refractivity contribution in [3.63, 3.8) is 0 Å². The van der Waals surface area contributed by atoms with Crippen LogP contribution in [-0.2, 0) is 6.18 Å². The van der Waals surface area contributed by atoms with Gasteiger partial charge >= 0.3 is 6.18 Å². The van der Waals surface area contributed by atoms with Crippen LogP contribution in [0.1, 0.15) is 22.3 Å². The summed E-state index contributed by atoms with van der Waals surface area (Å²) in [5, 5.41) is 9.35. The number of fused-ring (bicyclic) bond motifs is 3. The molecule has 2 heterocycles. The molecule has 0 saturated heterocycles. The fraction of sp³-hybridized carbons (Fsp3) is 0.0769. The zero-order valence-corrected chi connectivity index (χ0v) is 17.4. The summed E-state index contributed by atoms with van der Waals surface area (Å²) in [4.78, 5) is 12.5. The van der Waals surface area contributed by atoms with Crippen molar-refractivity contribution >= 4 is 5.71 Å². The van der Waals surface area contributed by atoms with Crippen molar-refractivity contribution in [3.8, 4) is 39.8 Å². The third-order valence-corrected chi connectivity index (χ3v) is 5.67. The molecule has 160 valence electrons. The monoisotopic (exact) mass is 440 g/mol. The molecule has 2 aromatic carbocycles. The Morgan fingerprint density at radius 2 is 1.33 bits per heavy atom. The lowest BCUT2D eigenvalue weighted by atomic mass is 9.94. The van der Waals surface area contributed by atoms with E-state index in [1.165, 1.54) is 18.3 Å². The molecule has 0 saturated carbocycles. The molecule has 2 aromatic heterocycles. The van der Waals surface area contributed by atoms with Gasteiger partial charge in [-0.3, -0.25) is 9.97 Å². The van der Waals surface area contributed by atoms with Crippen LogP contribution in [0, 0.1) is 18.4 Å². The molecule has 0 N–H and O–H groups in total. The molecule has 5 rings (SSSR count). The highest BCUT2D eigenvalue weighted by Gasteiger charge is 2.37. The minimum atomic E-state index is -4.58. The van der Waals surface area contributed by atoms with Gasteiger partial charge in [-0.15, -0.1) is 0 Å².